The first-order chi connectivity index (χ1) is 9.74. The lowest BCUT2D eigenvalue weighted by Gasteiger charge is -2.22. The van der Waals surface area contributed by atoms with E-state index in [0.29, 0.717) is 28.8 Å². The van der Waals surface area contributed by atoms with Gasteiger partial charge in [0.05, 0.1) is 5.75 Å². The average molecular weight is 295 g/mol. The zero-order chi connectivity index (χ0) is 13.9. The smallest absolute Gasteiger partial charge is 0.277 e. The van der Waals surface area contributed by atoms with Crippen molar-refractivity contribution in [1.29, 1.82) is 0 Å². The molecular formula is C14H21N3O2S. The van der Waals surface area contributed by atoms with E-state index >= 15 is 0 Å². The predicted molar refractivity (Wildman–Crippen MR) is 76.4 cm³/mol. The van der Waals surface area contributed by atoms with Crippen LogP contribution in [0.15, 0.2) is 9.64 Å². The van der Waals surface area contributed by atoms with E-state index in [0.717, 1.165) is 18.8 Å². The van der Waals surface area contributed by atoms with Gasteiger partial charge in [0.15, 0.2) is 0 Å². The Morgan fingerprint density at radius 2 is 2.30 bits per heavy atom. The number of aromatic nitrogens is 2. The number of rotatable bonds is 6. The van der Waals surface area contributed by atoms with Gasteiger partial charge in [-0.25, -0.2) is 0 Å². The quantitative estimate of drug-likeness (QED) is 0.816. The monoisotopic (exact) mass is 295 g/mol. The van der Waals surface area contributed by atoms with Gasteiger partial charge in [0.1, 0.15) is 0 Å². The van der Waals surface area contributed by atoms with Gasteiger partial charge in [0.25, 0.3) is 5.22 Å². The highest BCUT2D eigenvalue weighted by atomic mass is 32.2. The van der Waals surface area contributed by atoms with Gasteiger partial charge in [-0.3, -0.25) is 4.79 Å². The molecule has 0 spiro atoms. The van der Waals surface area contributed by atoms with Crippen molar-refractivity contribution in [2.75, 3.05) is 5.75 Å². The number of aryl methyl sites for hydroxylation is 1. The normalized spacial score (nSPS) is 27.9. The third-order valence-corrected chi connectivity index (χ3v) is 5.14. The second-order valence-corrected chi connectivity index (χ2v) is 6.78. The SMILES string of the molecule is CCCc1nnc(SCC(=O)N[C@H]2C[C@@H]3CC[C@@H]2C3)o1. The number of nitrogens with one attached hydrogen (secondary N) is 1. The van der Waals surface area contributed by atoms with Crippen LogP contribution in [0.5, 0.6) is 0 Å². The van der Waals surface area contributed by atoms with E-state index in [-0.39, 0.29) is 5.91 Å². The summed E-state index contributed by atoms with van der Waals surface area (Å²) in [6.45, 7) is 2.07. The molecule has 110 valence electrons. The van der Waals surface area contributed by atoms with Crippen LogP contribution < -0.4 is 5.32 Å². The first kappa shape index (κ1) is 13.9. The van der Waals surface area contributed by atoms with Crippen molar-refractivity contribution < 1.29 is 9.21 Å². The first-order valence-electron chi connectivity index (χ1n) is 7.49. The predicted octanol–water partition coefficient (Wildman–Crippen LogP) is 2.42. The molecule has 6 heteroatoms. The van der Waals surface area contributed by atoms with Gasteiger partial charge in [0.2, 0.25) is 11.8 Å². The van der Waals surface area contributed by atoms with E-state index < -0.39 is 0 Å². The molecule has 2 aliphatic carbocycles. The molecule has 1 amide bonds. The molecule has 2 bridgehead atoms. The average Bonchev–Trinajstić information content (AvgIpc) is 3.13. The molecule has 2 saturated carbocycles. The van der Waals surface area contributed by atoms with Crippen molar-refractivity contribution in [3.05, 3.63) is 5.89 Å². The van der Waals surface area contributed by atoms with Gasteiger partial charge >= 0.3 is 0 Å². The third-order valence-electron chi connectivity index (χ3n) is 4.32. The highest BCUT2D eigenvalue weighted by Gasteiger charge is 2.39. The molecule has 1 aromatic rings. The second-order valence-electron chi connectivity index (χ2n) is 5.85. The lowest BCUT2D eigenvalue weighted by Crippen LogP contribution is -2.39. The number of fused-ring (bicyclic) bond motifs is 2. The largest absolute Gasteiger partial charge is 0.416 e. The van der Waals surface area contributed by atoms with Crippen molar-refractivity contribution in [3.8, 4) is 0 Å². The zero-order valence-electron chi connectivity index (χ0n) is 11.8. The summed E-state index contributed by atoms with van der Waals surface area (Å²) < 4.78 is 5.45. The second kappa shape index (κ2) is 6.16. The Kier molecular flexibility index (Phi) is 4.29. The van der Waals surface area contributed by atoms with Gasteiger partial charge in [-0.15, -0.1) is 10.2 Å². The first-order valence-corrected chi connectivity index (χ1v) is 8.47. The summed E-state index contributed by atoms with van der Waals surface area (Å²) in [7, 11) is 0. The van der Waals surface area contributed by atoms with Crippen LogP contribution in [-0.4, -0.2) is 27.9 Å². The van der Waals surface area contributed by atoms with Gasteiger partial charge in [0, 0.05) is 12.5 Å². The molecular weight excluding hydrogens is 274 g/mol. The highest BCUT2D eigenvalue weighted by Crippen LogP contribution is 2.44. The molecule has 20 heavy (non-hydrogen) atoms. The summed E-state index contributed by atoms with van der Waals surface area (Å²) in [5.41, 5.74) is 0. The third kappa shape index (κ3) is 3.16. The van der Waals surface area contributed by atoms with Crippen molar-refractivity contribution >= 4 is 17.7 Å². The fraction of sp³-hybridized carbons (Fsp3) is 0.786. The maximum atomic E-state index is 12.0. The minimum atomic E-state index is 0.0859. The van der Waals surface area contributed by atoms with E-state index in [4.69, 9.17) is 4.42 Å². The Morgan fingerprint density at radius 1 is 1.40 bits per heavy atom. The fourth-order valence-corrected chi connectivity index (χ4v) is 4.00. The fourth-order valence-electron chi connectivity index (χ4n) is 3.41. The lowest BCUT2D eigenvalue weighted by molar-refractivity contribution is -0.119. The summed E-state index contributed by atoms with van der Waals surface area (Å²) in [6, 6.07) is 0.403. The molecule has 3 rings (SSSR count). The number of hydrogen-bond acceptors (Lipinski definition) is 5. The number of carbonyl (C=O) groups excluding carboxylic acids is 1. The molecule has 1 aromatic heterocycles. The van der Waals surface area contributed by atoms with E-state index in [1.54, 1.807) is 0 Å². The maximum absolute atomic E-state index is 12.0. The molecule has 1 heterocycles. The molecule has 0 aromatic carbocycles. The van der Waals surface area contributed by atoms with E-state index in [2.05, 4.69) is 22.4 Å². The standard InChI is InChI=1S/C14H21N3O2S/c1-2-3-13-16-17-14(19-13)20-8-12(18)15-11-7-9-4-5-10(11)6-9/h9-11H,2-8H2,1H3,(H,15,18)/t9-,10-,11+/m1/s1. The topological polar surface area (TPSA) is 68.0 Å². The summed E-state index contributed by atoms with van der Waals surface area (Å²) in [4.78, 5) is 12.0. The molecule has 2 aliphatic rings. The minimum Gasteiger partial charge on any atom is -0.416 e. The highest BCUT2D eigenvalue weighted by molar-refractivity contribution is 7.99. The summed E-state index contributed by atoms with van der Waals surface area (Å²) in [5.74, 6) is 2.67. The summed E-state index contributed by atoms with van der Waals surface area (Å²) in [6.07, 6.45) is 6.90. The lowest BCUT2D eigenvalue weighted by atomic mass is 9.95. The van der Waals surface area contributed by atoms with Crippen molar-refractivity contribution in [1.82, 2.24) is 15.5 Å². The molecule has 3 atom stereocenters. The molecule has 1 N–H and O–H groups in total. The van der Waals surface area contributed by atoms with Crippen LogP contribution >= 0.6 is 11.8 Å². The van der Waals surface area contributed by atoms with Crippen LogP contribution in [0.2, 0.25) is 0 Å². The van der Waals surface area contributed by atoms with E-state index in [1.807, 2.05) is 0 Å². The Hall–Kier alpha value is -1.04. The maximum Gasteiger partial charge on any atom is 0.277 e. The zero-order valence-corrected chi connectivity index (χ0v) is 12.6. The van der Waals surface area contributed by atoms with Gasteiger partial charge in [-0.05, 0) is 37.5 Å². The van der Waals surface area contributed by atoms with Gasteiger partial charge < -0.3 is 9.73 Å². The van der Waals surface area contributed by atoms with Crippen LogP contribution in [-0.2, 0) is 11.2 Å². The molecule has 0 radical (unpaired) electrons. The number of nitrogens with zero attached hydrogens (tertiary/aromatic N) is 2. The van der Waals surface area contributed by atoms with E-state index in [9.17, 15) is 4.79 Å². The molecule has 2 fully saturated rings. The van der Waals surface area contributed by atoms with Crippen molar-refractivity contribution in [2.24, 2.45) is 11.8 Å². The molecule has 0 saturated heterocycles. The Bertz CT molecular complexity index is 477. The number of hydrogen-bond donors (Lipinski definition) is 1. The molecule has 5 nitrogen and oxygen atoms in total. The number of thioether (sulfide) groups is 1. The van der Waals surface area contributed by atoms with Crippen molar-refractivity contribution in [2.45, 2.75) is 56.7 Å². The van der Waals surface area contributed by atoms with Gasteiger partial charge in [-0.2, -0.15) is 0 Å². The minimum absolute atomic E-state index is 0.0859. The van der Waals surface area contributed by atoms with Gasteiger partial charge in [-0.1, -0.05) is 25.1 Å². The van der Waals surface area contributed by atoms with Crippen LogP contribution in [0.25, 0.3) is 0 Å². The Labute approximate surface area is 123 Å². The van der Waals surface area contributed by atoms with E-state index in [1.165, 1.54) is 37.4 Å². The summed E-state index contributed by atoms with van der Waals surface area (Å²) >= 11 is 1.33. The number of amides is 1. The Balaban J connectivity index is 1.42. The molecule has 0 aliphatic heterocycles. The Morgan fingerprint density at radius 3 is 3.00 bits per heavy atom. The molecule has 0 unspecified atom stereocenters. The summed E-state index contributed by atoms with van der Waals surface area (Å²) in [5, 5.41) is 11.6. The number of carbonyl (C=O) groups is 1. The van der Waals surface area contributed by atoms with Crippen molar-refractivity contribution in [3.63, 3.8) is 0 Å². The van der Waals surface area contributed by atoms with Crippen LogP contribution in [0.4, 0.5) is 0 Å². The van der Waals surface area contributed by atoms with Crippen LogP contribution in [0, 0.1) is 11.8 Å². The van der Waals surface area contributed by atoms with Crippen LogP contribution in [0.3, 0.4) is 0 Å². The van der Waals surface area contributed by atoms with Crippen LogP contribution in [0.1, 0.15) is 44.9 Å².